The minimum Gasteiger partial charge on any atom is -0.420 e. The molecule has 0 aliphatic rings. The lowest BCUT2D eigenvalue weighted by Crippen LogP contribution is -2.12. The lowest BCUT2D eigenvalue weighted by atomic mass is 10.1. The van der Waals surface area contributed by atoms with Gasteiger partial charge >= 0.3 is 5.97 Å². The maximum Gasteiger partial charge on any atom is 0.383 e. The van der Waals surface area contributed by atoms with Crippen LogP contribution in [0.2, 0.25) is 0 Å². The maximum absolute atomic E-state index is 12.3. The molecule has 0 fully saturated rings. The second-order valence-electron chi connectivity index (χ2n) is 5.35. The molecule has 0 aliphatic carbocycles. The summed E-state index contributed by atoms with van der Waals surface area (Å²) >= 11 is 0. The number of esters is 1. The van der Waals surface area contributed by atoms with Crippen molar-refractivity contribution in [3.63, 3.8) is 0 Å². The third-order valence-electron chi connectivity index (χ3n) is 3.41. The van der Waals surface area contributed by atoms with Crippen LogP contribution in [0.4, 0.5) is 0 Å². The Morgan fingerprint density at radius 1 is 1.14 bits per heavy atom. The number of fused-ring (bicyclic) bond motifs is 1. The average Bonchev–Trinajstić information content (AvgIpc) is 2.88. The molecule has 6 heteroatoms. The first kappa shape index (κ1) is 14.2. The number of hydrogen-bond donors (Lipinski definition) is 0. The smallest absolute Gasteiger partial charge is 0.383 e. The Morgan fingerprint density at radius 3 is 2.45 bits per heavy atom. The van der Waals surface area contributed by atoms with Crippen LogP contribution in [0.15, 0.2) is 24.4 Å². The van der Waals surface area contributed by atoms with Crippen molar-refractivity contribution >= 4 is 11.7 Å². The zero-order valence-corrected chi connectivity index (χ0v) is 12.9. The fourth-order valence-electron chi connectivity index (χ4n) is 2.46. The molecular formula is C16H16N4O2. The van der Waals surface area contributed by atoms with E-state index in [4.69, 9.17) is 4.74 Å². The molecule has 0 saturated carbocycles. The summed E-state index contributed by atoms with van der Waals surface area (Å²) in [4.78, 5) is 20.5. The maximum atomic E-state index is 12.3. The van der Waals surface area contributed by atoms with Crippen molar-refractivity contribution in [2.45, 2.75) is 27.7 Å². The Balaban J connectivity index is 1.95. The summed E-state index contributed by atoms with van der Waals surface area (Å²) in [6.07, 6.45) is 1.63. The molecule has 3 rings (SSSR count). The second kappa shape index (κ2) is 5.22. The molecule has 0 aliphatic heterocycles. The molecule has 0 unspecified atom stereocenters. The Labute approximate surface area is 127 Å². The standard InChI is InChI=1S/C16H16N4O2/c1-9-7-10(2)13(11(3)8-9)22-15(21)14-18-16-17-6-5-12(4)20(16)19-14/h5-8H,1-4H3. The van der Waals surface area contributed by atoms with Gasteiger partial charge in [-0.25, -0.2) is 14.3 Å². The van der Waals surface area contributed by atoms with E-state index in [1.165, 1.54) is 4.52 Å². The zero-order chi connectivity index (χ0) is 15.9. The van der Waals surface area contributed by atoms with Gasteiger partial charge in [-0.3, -0.25) is 0 Å². The number of benzene rings is 1. The average molecular weight is 296 g/mol. The molecule has 0 amide bonds. The predicted molar refractivity (Wildman–Crippen MR) is 81.1 cm³/mol. The van der Waals surface area contributed by atoms with Crippen LogP contribution in [0, 0.1) is 27.7 Å². The summed E-state index contributed by atoms with van der Waals surface area (Å²) in [5, 5.41) is 4.15. The van der Waals surface area contributed by atoms with E-state index in [-0.39, 0.29) is 5.82 Å². The molecule has 0 spiro atoms. The van der Waals surface area contributed by atoms with E-state index in [9.17, 15) is 4.79 Å². The van der Waals surface area contributed by atoms with Gasteiger partial charge in [0.2, 0.25) is 0 Å². The highest BCUT2D eigenvalue weighted by atomic mass is 16.5. The van der Waals surface area contributed by atoms with Gasteiger partial charge in [0.15, 0.2) is 0 Å². The monoisotopic (exact) mass is 296 g/mol. The number of nitrogens with zero attached hydrogens (tertiary/aromatic N) is 4. The molecule has 0 saturated heterocycles. The minimum atomic E-state index is -0.583. The van der Waals surface area contributed by atoms with Crippen LogP contribution in [0.1, 0.15) is 33.0 Å². The normalized spacial score (nSPS) is 10.9. The van der Waals surface area contributed by atoms with Crippen molar-refractivity contribution in [2.24, 2.45) is 0 Å². The quantitative estimate of drug-likeness (QED) is 0.537. The number of carbonyl (C=O) groups is 1. The van der Waals surface area contributed by atoms with Gasteiger partial charge in [0.05, 0.1) is 0 Å². The highest BCUT2D eigenvalue weighted by Crippen LogP contribution is 2.25. The lowest BCUT2D eigenvalue weighted by molar-refractivity contribution is 0.0719. The van der Waals surface area contributed by atoms with Crippen LogP contribution in [0.5, 0.6) is 5.75 Å². The molecule has 0 N–H and O–H groups in total. The molecule has 22 heavy (non-hydrogen) atoms. The lowest BCUT2D eigenvalue weighted by Gasteiger charge is -2.10. The predicted octanol–water partition coefficient (Wildman–Crippen LogP) is 2.58. The number of ether oxygens (including phenoxy) is 1. The third-order valence-corrected chi connectivity index (χ3v) is 3.41. The molecule has 2 heterocycles. The van der Waals surface area contributed by atoms with Crippen molar-refractivity contribution in [3.05, 3.63) is 52.6 Å². The van der Waals surface area contributed by atoms with E-state index in [0.29, 0.717) is 11.5 Å². The molecule has 6 nitrogen and oxygen atoms in total. The largest absolute Gasteiger partial charge is 0.420 e. The Hall–Kier alpha value is -2.76. The summed E-state index contributed by atoms with van der Waals surface area (Å²) < 4.78 is 7.00. The van der Waals surface area contributed by atoms with E-state index >= 15 is 0 Å². The van der Waals surface area contributed by atoms with Crippen molar-refractivity contribution in [1.82, 2.24) is 19.6 Å². The number of carbonyl (C=O) groups excluding carboxylic acids is 1. The van der Waals surface area contributed by atoms with Gasteiger partial charge in [0.25, 0.3) is 11.6 Å². The van der Waals surface area contributed by atoms with Gasteiger partial charge in [-0.15, -0.1) is 5.10 Å². The van der Waals surface area contributed by atoms with Gasteiger partial charge in [0, 0.05) is 11.9 Å². The minimum absolute atomic E-state index is 0.00109. The van der Waals surface area contributed by atoms with Crippen LogP contribution in [-0.4, -0.2) is 25.6 Å². The molecular weight excluding hydrogens is 280 g/mol. The molecule has 1 aromatic carbocycles. The van der Waals surface area contributed by atoms with Crippen LogP contribution in [0.25, 0.3) is 5.78 Å². The number of rotatable bonds is 2. The van der Waals surface area contributed by atoms with Gasteiger partial charge < -0.3 is 4.74 Å². The molecule has 0 bridgehead atoms. The van der Waals surface area contributed by atoms with Crippen LogP contribution in [-0.2, 0) is 0 Å². The highest BCUT2D eigenvalue weighted by Gasteiger charge is 2.18. The fraction of sp³-hybridized carbons (Fsp3) is 0.250. The molecule has 2 aromatic heterocycles. The summed E-state index contributed by atoms with van der Waals surface area (Å²) in [6, 6.07) is 5.74. The van der Waals surface area contributed by atoms with Gasteiger partial charge in [-0.2, -0.15) is 4.98 Å². The highest BCUT2D eigenvalue weighted by molar-refractivity contribution is 5.87. The number of hydrogen-bond acceptors (Lipinski definition) is 5. The first-order valence-corrected chi connectivity index (χ1v) is 6.94. The van der Waals surface area contributed by atoms with E-state index in [0.717, 1.165) is 22.4 Å². The fourth-order valence-corrected chi connectivity index (χ4v) is 2.46. The Kier molecular flexibility index (Phi) is 3.36. The van der Waals surface area contributed by atoms with Crippen molar-refractivity contribution in [2.75, 3.05) is 0 Å². The van der Waals surface area contributed by atoms with Gasteiger partial charge in [-0.1, -0.05) is 17.7 Å². The SMILES string of the molecule is Cc1cc(C)c(OC(=O)c2nc3nccc(C)n3n2)c(C)c1. The molecule has 0 atom stereocenters. The third kappa shape index (κ3) is 2.43. The topological polar surface area (TPSA) is 69.4 Å². The Bertz CT molecular complexity index is 860. The Morgan fingerprint density at radius 2 is 1.82 bits per heavy atom. The van der Waals surface area contributed by atoms with E-state index < -0.39 is 5.97 Å². The summed E-state index contributed by atoms with van der Waals surface area (Å²) in [5.74, 6) is 0.351. The van der Waals surface area contributed by atoms with E-state index in [1.54, 1.807) is 12.3 Å². The van der Waals surface area contributed by atoms with Crippen molar-refractivity contribution < 1.29 is 9.53 Å². The van der Waals surface area contributed by atoms with Gasteiger partial charge in [0.1, 0.15) is 5.75 Å². The number of aromatic nitrogens is 4. The molecule has 3 aromatic rings. The van der Waals surface area contributed by atoms with Gasteiger partial charge in [-0.05, 0) is 44.9 Å². The van der Waals surface area contributed by atoms with Crippen molar-refractivity contribution in [1.29, 1.82) is 0 Å². The first-order chi connectivity index (χ1) is 10.5. The van der Waals surface area contributed by atoms with Crippen LogP contribution >= 0.6 is 0 Å². The van der Waals surface area contributed by atoms with E-state index in [1.807, 2.05) is 39.8 Å². The molecule has 112 valence electrons. The van der Waals surface area contributed by atoms with E-state index in [2.05, 4.69) is 15.1 Å². The van der Waals surface area contributed by atoms with Crippen molar-refractivity contribution in [3.8, 4) is 5.75 Å². The second-order valence-corrected chi connectivity index (χ2v) is 5.35. The van der Waals surface area contributed by atoms with Crippen LogP contribution in [0.3, 0.4) is 0 Å². The van der Waals surface area contributed by atoms with Crippen LogP contribution < -0.4 is 4.74 Å². The summed E-state index contributed by atoms with van der Waals surface area (Å²) in [5.41, 5.74) is 3.78. The molecule has 0 radical (unpaired) electrons. The number of aryl methyl sites for hydroxylation is 4. The zero-order valence-electron chi connectivity index (χ0n) is 12.9. The summed E-state index contributed by atoms with van der Waals surface area (Å²) in [6.45, 7) is 7.69. The first-order valence-electron chi connectivity index (χ1n) is 6.94. The summed E-state index contributed by atoms with van der Waals surface area (Å²) in [7, 11) is 0.